The number of allylic oxidation sites excluding steroid dienone is 1. The van der Waals surface area contributed by atoms with Gasteiger partial charge in [0.25, 0.3) is 5.91 Å². The Morgan fingerprint density at radius 1 is 1.12 bits per heavy atom. The molecular formula is C25H21F2N3O3. The van der Waals surface area contributed by atoms with Crippen molar-refractivity contribution in [3.8, 4) is 11.6 Å². The zero-order chi connectivity index (χ0) is 22.9. The van der Waals surface area contributed by atoms with E-state index < -0.39 is 6.61 Å². The van der Waals surface area contributed by atoms with Gasteiger partial charge in [0.05, 0.1) is 11.7 Å². The number of hydrogen-bond acceptors (Lipinski definition) is 5. The SMILES string of the molecule is CN1C(=O)c2cccc(OC(F)F)c2[C@H]2C[C@@H]1C=C2c1cc(OCc2ccccc2)ncn1. The van der Waals surface area contributed by atoms with E-state index in [-0.39, 0.29) is 23.6 Å². The number of carbonyl (C=O) groups is 1. The van der Waals surface area contributed by atoms with E-state index in [4.69, 9.17) is 9.47 Å². The number of alkyl halides is 2. The fraction of sp³-hybridized carbons (Fsp3) is 0.240. The van der Waals surface area contributed by atoms with Gasteiger partial charge >= 0.3 is 6.61 Å². The first-order valence-electron chi connectivity index (χ1n) is 10.6. The average Bonchev–Trinajstić information content (AvgIpc) is 3.23. The Hall–Kier alpha value is -3.81. The number of rotatable bonds is 6. The van der Waals surface area contributed by atoms with Crippen molar-refractivity contribution in [2.75, 3.05) is 7.05 Å². The Balaban J connectivity index is 1.51. The Kier molecular flexibility index (Phi) is 5.50. The first-order valence-corrected chi connectivity index (χ1v) is 10.6. The summed E-state index contributed by atoms with van der Waals surface area (Å²) < 4.78 is 36.9. The molecule has 3 aromatic rings. The van der Waals surface area contributed by atoms with Crippen LogP contribution in [0.4, 0.5) is 8.78 Å². The third kappa shape index (κ3) is 4.04. The molecule has 0 saturated heterocycles. The van der Waals surface area contributed by atoms with E-state index in [1.165, 1.54) is 12.4 Å². The molecule has 2 heterocycles. The first kappa shape index (κ1) is 21.1. The highest BCUT2D eigenvalue weighted by molar-refractivity contribution is 5.99. The molecule has 1 aromatic heterocycles. The first-order chi connectivity index (χ1) is 16.0. The Morgan fingerprint density at radius 3 is 2.73 bits per heavy atom. The number of benzene rings is 2. The lowest BCUT2D eigenvalue weighted by Crippen LogP contribution is -2.33. The number of amides is 1. The van der Waals surface area contributed by atoms with Crippen LogP contribution < -0.4 is 9.47 Å². The van der Waals surface area contributed by atoms with E-state index >= 15 is 0 Å². The van der Waals surface area contributed by atoms with Crippen LogP contribution in [-0.2, 0) is 6.61 Å². The molecule has 0 spiro atoms. The van der Waals surface area contributed by atoms with Crippen LogP contribution in [0.15, 0.2) is 67.0 Å². The summed E-state index contributed by atoms with van der Waals surface area (Å²) in [5.74, 6) is -0.129. The molecule has 0 fully saturated rings. The molecule has 2 aliphatic rings. The van der Waals surface area contributed by atoms with Gasteiger partial charge < -0.3 is 14.4 Å². The lowest BCUT2D eigenvalue weighted by Gasteiger charge is -2.23. The summed E-state index contributed by atoms with van der Waals surface area (Å²) in [5, 5.41) is 0. The van der Waals surface area contributed by atoms with Crippen molar-refractivity contribution in [2.24, 2.45) is 0 Å². The van der Waals surface area contributed by atoms with Crippen LogP contribution in [-0.4, -0.2) is 40.5 Å². The quantitative estimate of drug-likeness (QED) is 0.547. The molecule has 33 heavy (non-hydrogen) atoms. The number of carbonyl (C=O) groups excluding carboxylic acids is 1. The van der Waals surface area contributed by atoms with Crippen molar-refractivity contribution < 1.29 is 23.0 Å². The molecular weight excluding hydrogens is 428 g/mol. The predicted molar refractivity (Wildman–Crippen MR) is 117 cm³/mol. The largest absolute Gasteiger partial charge is 0.473 e. The van der Waals surface area contributed by atoms with Gasteiger partial charge in [-0.2, -0.15) is 8.78 Å². The summed E-state index contributed by atoms with van der Waals surface area (Å²) in [6.07, 6.45) is 3.94. The average molecular weight is 449 g/mol. The number of aromatic nitrogens is 2. The highest BCUT2D eigenvalue weighted by atomic mass is 19.3. The number of likely N-dealkylation sites (N-methyl/N-ethyl adjacent to an activating group) is 1. The molecule has 8 heteroatoms. The van der Waals surface area contributed by atoms with Gasteiger partial charge in [-0.1, -0.05) is 42.5 Å². The zero-order valence-corrected chi connectivity index (χ0v) is 17.8. The summed E-state index contributed by atoms with van der Waals surface area (Å²) in [7, 11) is 1.72. The molecule has 1 aliphatic carbocycles. The maximum atomic E-state index is 13.1. The third-order valence-electron chi connectivity index (χ3n) is 6.07. The summed E-state index contributed by atoms with van der Waals surface area (Å²) in [4.78, 5) is 23.3. The molecule has 2 bridgehead atoms. The molecule has 1 amide bonds. The molecule has 0 unspecified atom stereocenters. The Morgan fingerprint density at radius 2 is 1.94 bits per heavy atom. The van der Waals surface area contributed by atoms with Crippen molar-refractivity contribution in [3.63, 3.8) is 0 Å². The fourth-order valence-corrected chi connectivity index (χ4v) is 4.50. The topological polar surface area (TPSA) is 64.6 Å². The summed E-state index contributed by atoms with van der Waals surface area (Å²) >= 11 is 0. The number of halogens is 2. The number of ether oxygens (including phenoxy) is 2. The van der Waals surface area contributed by atoms with E-state index in [9.17, 15) is 13.6 Å². The van der Waals surface area contributed by atoms with Crippen molar-refractivity contribution in [2.45, 2.75) is 31.6 Å². The second kappa shape index (κ2) is 8.61. The number of hydrogen-bond donors (Lipinski definition) is 0. The zero-order valence-electron chi connectivity index (χ0n) is 17.8. The molecule has 0 radical (unpaired) electrons. The van der Waals surface area contributed by atoms with E-state index in [0.717, 1.165) is 11.1 Å². The molecule has 1 aliphatic heterocycles. The van der Waals surface area contributed by atoms with E-state index in [0.29, 0.717) is 35.7 Å². The highest BCUT2D eigenvalue weighted by Crippen LogP contribution is 2.49. The summed E-state index contributed by atoms with van der Waals surface area (Å²) in [6.45, 7) is -2.64. The van der Waals surface area contributed by atoms with Crippen LogP contribution in [0.25, 0.3) is 5.57 Å². The second-order valence-electron chi connectivity index (χ2n) is 8.01. The van der Waals surface area contributed by atoms with Crippen LogP contribution in [0, 0.1) is 0 Å². The Labute approximate surface area is 189 Å². The van der Waals surface area contributed by atoms with Crippen molar-refractivity contribution >= 4 is 11.5 Å². The molecule has 0 saturated carbocycles. The van der Waals surface area contributed by atoms with Crippen molar-refractivity contribution in [1.29, 1.82) is 0 Å². The van der Waals surface area contributed by atoms with Gasteiger partial charge in [0.1, 0.15) is 18.7 Å². The van der Waals surface area contributed by atoms with Gasteiger partial charge in [-0.05, 0) is 29.7 Å². The van der Waals surface area contributed by atoms with Gasteiger partial charge in [0.2, 0.25) is 5.88 Å². The predicted octanol–water partition coefficient (Wildman–Crippen LogP) is 4.68. The molecule has 2 atom stereocenters. The minimum Gasteiger partial charge on any atom is -0.473 e. The minimum atomic E-state index is -2.99. The van der Waals surface area contributed by atoms with Gasteiger partial charge in [-0.15, -0.1) is 0 Å². The fourth-order valence-electron chi connectivity index (χ4n) is 4.50. The van der Waals surface area contributed by atoms with Crippen LogP contribution in [0.1, 0.15) is 39.5 Å². The lowest BCUT2D eigenvalue weighted by atomic mass is 9.87. The standard InChI is InChI=1S/C25H21F2N3O3/c1-30-16-10-18(20-12-22(29-14-28-20)32-13-15-6-3-2-4-7-15)19(11-16)23-17(24(30)31)8-5-9-21(23)33-25(26)27/h2-10,12,14,16,19,25H,11,13H2,1H3/t16-,19-/m0/s1. The summed E-state index contributed by atoms with van der Waals surface area (Å²) in [6, 6.07) is 16.0. The van der Waals surface area contributed by atoms with Crippen LogP contribution in [0.2, 0.25) is 0 Å². The minimum absolute atomic E-state index is 0.0114. The smallest absolute Gasteiger partial charge is 0.387 e. The molecule has 5 rings (SSSR count). The third-order valence-corrected chi connectivity index (χ3v) is 6.07. The monoisotopic (exact) mass is 449 g/mol. The van der Waals surface area contributed by atoms with Crippen molar-refractivity contribution in [3.05, 3.63) is 89.4 Å². The number of fused-ring (bicyclic) bond motifs is 4. The van der Waals surface area contributed by atoms with Crippen LogP contribution >= 0.6 is 0 Å². The Bertz CT molecular complexity index is 1220. The van der Waals surface area contributed by atoms with Gasteiger partial charge in [-0.25, -0.2) is 9.97 Å². The van der Waals surface area contributed by atoms with E-state index in [2.05, 4.69) is 9.97 Å². The number of nitrogens with zero attached hydrogens (tertiary/aromatic N) is 3. The van der Waals surface area contributed by atoms with Crippen LogP contribution in [0.5, 0.6) is 11.6 Å². The van der Waals surface area contributed by atoms with Gasteiger partial charge in [0, 0.05) is 30.2 Å². The summed E-state index contributed by atoms with van der Waals surface area (Å²) in [5.41, 5.74) is 3.29. The maximum absolute atomic E-state index is 13.1. The van der Waals surface area contributed by atoms with E-state index in [1.54, 1.807) is 30.1 Å². The van der Waals surface area contributed by atoms with Gasteiger partial charge in [-0.3, -0.25) is 4.79 Å². The van der Waals surface area contributed by atoms with Crippen molar-refractivity contribution in [1.82, 2.24) is 14.9 Å². The van der Waals surface area contributed by atoms with E-state index in [1.807, 2.05) is 36.4 Å². The molecule has 6 nitrogen and oxygen atoms in total. The lowest BCUT2D eigenvalue weighted by molar-refractivity contribution is -0.0505. The molecule has 0 N–H and O–H groups in total. The van der Waals surface area contributed by atoms with Crippen LogP contribution in [0.3, 0.4) is 0 Å². The van der Waals surface area contributed by atoms with Gasteiger partial charge in [0.15, 0.2) is 0 Å². The molecule has 168 valence electrons. The maximum Gasteiger partial charge on any atom is 0.387 e. The molecule has 2 aromatic carbocycles. The highest BCUT2D eigenvalue weighted by Gasteiger charge is 2.41. The normalized spacial score (nSPS) is 19.2. The second-order valence-corrected chi connectivity index (χ2v) is 8.01.